The zero-order valence-corrected chi connectivity index (χ0v) is 18.5. The van der Waals surface area contributed by atoms with E-state index in [1.165, 1.54) is 45.5 Å². The van der Waals surface area contributed by atoms with E-state index < -0.39 is 37.6 Å². The summed E-state index contributed by atoms with van der Waals surface area (Å²) >= 11 is 0. The van der Waals surface area contributed by atoms with E-state index in [1.54, 1.807) is 6.92 Å². The second-order valence-electron chi connectivity index (χ2n) is 7.71. The lowest BCUT2D eigenvalue weighted by atomic mass is 9.92. The van der Waals surface area contributed by atoms with Gasteiger partial charge in [-0.05, 0) is 38.5 Å². The summed E-state index contributed by atoms with van der Waals surface area (Å²) in [6, 6.07) is 3.85. The maximum Gasteiger partial charge on any atom is 0.275 e. The van der Waals surface area contributed by atoms with Crippen LogP contribution in [0.1, 0.15) is 43.2 Å². The molecule has 0 unspecified atom stereocenters. The normalized spacial score (nSPS) is 24.9. The van der Waals surface area contributed by atoms with Crippen molar-refractivity contribution < 1.29 is 22.3 Å². The van der Waals surface area contributed by atoms with Gasteiger partial charge in [0.1, 0.15) is 27.6 Å². The first kappa shape index (κ1) is 22.6. The fourth-order valence-electron chi connectivity index (χ4n) is 3.39. The van der Waals surface area contributed by atoms with Gasteiger partial charge in [-0.15, -0.1) is 0 Å². The number of nitrogens with one attached hydrogen (secondary N) is 1. The largest absolute Gasteiger partial charge is 0.480 e. The van der Waals surface area contributed by atoms with Gasteiger partial charge in [0.25, 0.3) is 5.91 Å². The topological polar surface area (TPSA) is 137 Å². The lowest BCUT2D eigenvalue weighted by molar-refractivity contribution is 0.102. The molecule has 0 aliphatic carbocycles. The molecule has 1 aromatic carbocycles. The van der Waals surface area contributed by atoms with Gasteiger partial charge >= 0.3 is 0 Å². The van der Waals surface area contributed by atoms with E-state index in [-0.39, 0.29) is 35.1 Å². The number of ether oxygens (including phenoxy) is 1. The van der Waals surface area contributed by atoms with Crippen LogP contribution in [0, 0.1) is 5.82 Å². The number of nitrogens with zero attached hydrogens (tertiary/aromatic N) is 3. The van der Waals surface area contributed by atoms with Gasteiger partial charge in [0.05, 0.1) is 25.3 Å². The smallest absolute Gasteiger partial charge is 0.275 e. The first-order chi connectivity index (χ1) is 14.5. The molecule has 1 amide bonds. The number of aliphatic imine (C=N–C) groups is 1. The Kier molecular flexibility index (Phi) is 5.74. The first-order valence-electron chi connectivity index (χ1n) is 9.51. The van der Waals surface area contributed by atoms with E-state index in [1.807, 2.05) is 0 Å². The second-order valence-corrected chi connectivity index (χ2v) is 10.1. The van der Waals surface area contributed by atoms with Crippen LogP contribution in [0.5, 0.6) is 5.88 Å². The highest BCUT2D eigenvalue weighted by Gasteiger charge is 2.51. The van der Waals surface area contributed by atoms with Crippen LogP contribution in [-0.2, 0) is 15.4 Å². The molecular formula is C20H24FN5O4S. The highest BCUT2D eigenvalue weighted by molar-refractivity contribution is 7.93. The standard InChI is InChI=1S/C20H24FN5O4S/c1-5-20(3)18(22)26-19(2,11-31(20,28)29)13-8-12(6-7-14(13)21)25-17(27)15-9-24-16(30-4)10-23-15/h6-10H,5,11H2,1-4H3,(H2,22,26)(H,25,27)/t19-,20-/m0/s1. The number of carbonyl (C=O) groups is 1. The summed E-state index contributed by atoms with van der Waals surface area (Å²) in [6.07, 6.45) is 2.79. The molecule has 0 radical (unpaired) electrons. The highest BCUT2D eigenvalue weighted by Crippen LogP contribution is 2.39. The number of carbonyl (C=O) groups excluding carboxylic acids is 1. The van der Waals surface area contributed by atoms with Gasteiger partial charge in [0.15, 0.2) is 9.84 Å². The minimum absolute atomic E-state index is 0.00999. The number of nitrogens with two attached hydrogens (primary N) is 1. The number of benzene rings is 1. The maximum absolute atomic E-state index is 14.7. The number of halogens is 1. The van der Waals surface area contributed by atoms with Crippen molar-refractivity contribution >= 4 is 27.3 Å². The van der Waals surface area contributed by atoms with E-state index in [2.05, 4.69) is 20.3 Å². The summed E-state index contributed by atoms with van der Waals surface area (Å²) in [5.41, 5.74) is 4.87. The van der Waals surface area contributed by atoms with Gasteiger partial charge in [-0.2, -0.15) is 0 Å². The van der Waals surface area contributed by atoms with E-state index in [0.29, 0.717) is 0 Å². The van der Waals surface area contributed by atoms with E-state index >= 15 is 0 Å². The summed E-state index contributed by atoms with van der Waals surface area (Å²) in [4.78, 5) is 24.7. The molecule has 3 N–H and O–H groups in total. The molecule has 0 saturated carbocycles. The van der Waals surface area contributed by atoms with Gasteiger partial charge in [-0.3, -0.25) is 9.79 Å². The van der Waals surface area contributed by atoms with Gasteiger partial charge < -0.3 is 15.8 Å². The van der Waals surface area contributed by atoms with Crippen molar-refractivity contribution in [1.29, 1.82) is 0 Å². The lowest BCUT2D eigenvalue weighted by Crippen LogP contribution is -2.56. The molecule has 1 aromatic heterocycles. The average molecular weight is 450 g/mol. The molecule has 9 nitrogen and oxygen atoms in total. The second kappa shape index (κ2) is 7.88. The first-order valence-corrected chi connectivity index (χ1v) is 11.2. The number of hydrogen-bond donors (Lipinski definition) is 2. The van der Waals surface area contributed by atoms with Crippen LogP contribution >= 0.6 is 0 Å². The van der Waals surface area contributed by atoms with Crippen LogP contribution < -0.4 is 15.8 Å². The summed E-state index contributed by atoms with van der Waals surface area (Å²) in [6.45, 7) is 4.73. The Bertz CT molecular complexity index is 1150. The minimum Gasteiger partial charge on any atom is -0.480 e. The van der Waals surface area contributed by atoms with Crippen LogP contribution in [0.15, 0.2) is 35.6 Å². The Morgan fingerprint density at radius 2 is 2.00 bits per heavy atom. The zero-order chi connectivity index (χ0) is 23.0. The fourth-order valence-corrected chi connectivity index (χ4v) is 5.48. The Balaban J connectivity index is 1.96. The predicted molar refractivity (Wildman–Crippen MR) is 114 cm³/mol. The molecule has 11 heteroatoms. The van der Waals surface area contributed by atoms with Gasteiger partial charge in [-0.1, -0.05) is 6.92 Å². The summed E-state index contributed by atoms with van der Waals surface area (Å²) in [5.74, 6) is -1.46. The number of methoxy groups -OCH3 is 1. The Labute approximate surface area is 179 Å². The molecule has 0 fully saturated rings. The number of amidine groups is 1. The SMILES string of the molecule is CC[C@@]1(C)C(N)=N[C@](C)(c2cc(NC(=O)c3cnc(OC)cn3)ccc2F)CS1(=O)=O. The molecule has 2 aromatic rings. The van der Waals surface area contributed by atoms with Crippen molar-refractivity contribution in [3.05, 3.63) is 47.7 Å². The summed E-state index contributed by atoms with van der Waals surface area (Å²) in [5, 5.41) is 2.60. The number of rotatable bonds is 5. The number of hydrogen-bond acceptors (Lipinski definition) is 8. The Hall–Kier alpha value is -3.08. The predicted octanol–water partition coefficient (Wildman–Crippen LogP) is 2.05. The van der Waals surface area contributed by atoms with Crippen molar-refractivity contribution in [2.75, 3.05) is 18.2 Å². The average Bonchev–Trinajstić information content (AvgIpc) is 2.72. The number of aromatic nitrogens is 2. The molecule has 0 spiro atoms. The lowest BCUT2D eigenvalue weighted by Gasteiger charge is -2.39. The monoisotopic (exact) mass is 449 g/mol. The molecule has 1 aliphatic rings. The minimum atomic E-state index is -3.72. The Morgan fingerprint density at radius 1 is 1.29 bits per heavy atom. The summed E-state index contributed by atoms with van der Waals surface area (Å²) < 4.78 is 44.3. The van der Waals surface area contributed by atoms with Gasteiger partial charge in [-0.25, -0.2) is 22.8 Å². The van der Waals surface area contributed by atoms with Gasteiger partial charge in [0.2, 0.25) is 5.88 Å². The maximum atomic E-state index is 14.7. The molecule has 0 saturated heterocycles. The third kappa shape index (κ3) is 3.97. The van der Waals surface area contributed by atoms with Crippen molar-refractivity contribution in [3.63, 3.8) is 0 Å². The molecule has 1 aliphatic heterocycles. The molecular weight excluding hydrogens is 425 g/mol. The third-order valence-electron chi connectivity index (χ3n) is 5.62. The fraction of sp³-hybridized carbons (Fsp3) is 0.400. The van der Waals surface area contributed by atoms with Crippen LogP contribution in [0.3, 0.4) is 0 Å². The molecule has 2 heterocycles. The highest BCUT2D eigenvalue weighted by atomic mass is 32.2. The zero-order valence-electron chi connectivity index (χ0n) is 17.6. The van der Waals surface area contributed by atoms with Crippen LogP contribution in [0.2, 0.25) is 0 Å². The quantitative estimate of drug-likeness (QED) is 0.713. The van der Waals surface area contributed by atoms with E-state index in [4.69, 9.17) is 10.5 Å². The van der Waals surface area contributed by atoms with Gasteiger partial charge in [0, 0.05) is 11.3 Å². The van der Waals surface area contributed by atoms with E-state index in [9.17, 15) is 17.6 Å². The molecule has 3 rings (SSSR count). The molecule has 166 valence electrons. The van der Waals surface area contributed by atoms with Crippen LogP contribution in [-0.4, -0.2) is 47.7 Å². The molecule has 0 bridgehead atoms. The van der Waals surface area contributed by atoms with Crippen molar-refractivity contribution in [2.24, 2.45) is 10.7 Å². The third-order valence-corrected chi connectivity index (χ3v) is 8.43. The molecule has 2 atom stereocenters. The van der Waals surface area contributed by atoms with Crippen LogP contribution in [0.25, 0.3) is 0 Å². The number of amides is 1. The van der Waals surface area contributed by atoms with Crippen molar-refractivity contribution in [3.8, 4) is 5.88 Å². The Morgan fingerprint density at radius 3 is 2.55 bits per heavy atom. The summed E-state index contributed by atoms with van der Waals surface area (Å²) in [7, 11) is -2.30. The van der Waals surface area contributed by atoms with Crippen molar-refractivity contribution in [1.82, 2.24) is 9.97 Å². The number of sulfone groups is 1. The molecule has 31 heavy (non-hydrogen) atoms. The van der Waals surface area contributed by atoms with Crippen LogP contribution in [0.4, 0.5) is 10.1 Å². The van der Waals surface area contributed by atoms with Crippen molar-refractivity contribution in [2.45, 2.75) is 37.5 Å². The number of anilines is 1. The van der Waals surface area contributed by atoms with E-state index in [0.717, 1.165) is 6.07 Å².